The summed E-state index contributed by atoms with van der Waals surface area (Å²) in [4.78, 5) is 0. The van der Waals surface area contributed by atoms with Gasteiger partial charge in [-0.25, -0.2) is 0 Å². The lowest BCUT2D eigenvalue weighted by atomic mass is 10.0. The number of ether oxygens (including phenoxy) is 1. The first-order chi connectivity index (χ1) is 9.88. The molecule has 22 heavy (non-hydrogen) atoms. The number of para-hydroxylation sites is 1. The van der Waals surface area contributed by atoms with Crippen LogP contribution in [0.3, 0.4) is 0 Å². The Kier molecular flexibility index (Phi) is 6.22. The van der Waals surface area contributed by atoms with Gasteiger partial charge in [-0.3, -0.25) is 0 Å². The van der Waals surface area contributed by atoms with Gasteiger partial charge in [0.15, 0.2) is 6.10 Å². The SMILES string of the molecule is Cl.N[C@H](c1ccc(Oc2ccccc2)cc1)[C@@H](O)C(F)(F)F. The predicted molar refractivity (Wildman–Crippen MR) is 79.2 cm³/mol. The van der Waals surface area contributed by atoms with E-state index >= 15 is 0 Å². The number of aliphatic hydroxyl groups is 1. The maximum Gasteiger partial charge on any atom is 0.416 e. The van der Waals surface area contributed by atoms with Gasteiger partial charge in [-0.1, -0.05) is 30.3 Å². The van der Waals surface area contributed by atoms with Crippen LogP contribution in [0.4, 0.5) is 13.2 Å². The molecule has 0 amide bonds. The van der Waals surface area contributed by atoms with Crippen LogP contribution in [-0.4, -0.2) is 17.4 Å². The number of hydrogen-bond acceptors (Lipinski definition) is 3. The second-order valence-corrected chi connectivity index (χ2v) is 4.50. The molecule has 120 valence electrons. The molecule has 0 heterocycles. The minimum Gasteiger partial charge on any atom is -0.457 e. The standard InChI is InChI=1S/C15H14F3NO2.ClH/c16-15(17,18)14(20)13(19)10-6-8-12(9-7-10)21-11-4-2-1-3-5-11;/h1-9,13-14,20H,19H2;1H/t13-,14-;/m1./s1. The summed E-state index contributed by atoms with van der Waals surface area (Å²) in [6, 6.07) is 13.2. The predicted octanol–water partition coefficient (Wildman–Crippen LogP) is 3.82. The van der Waals surface area contributed by atoms with Crippen molar-refractivity contribution in [2.45, 2.75) is 18.3 Å². The lowest BCUT2D eigenvalue weighted by molar-refractivity contribution is -0.210. The third-order valence-electron chi connectivity index (χ3n) is 2.92. The zero-order valence-corrected chi connectivity index (χ0v) is 12.1. The van der Waals surface area contributed by atoms with Crippen LogP contribution in [0, 0.1) is 0 Å². The van der Waals surface area contributed by atoms with Gasteiger partial charge in [-0.05, 0) is 29.8 Å². The van der Waals surface area contributed by atoms with Gasteiger partial charge in [0.25, 0.3) is 0 Å². The molecule has 0 aliphatic heterocycles. The Morgan fingerprint density at radius 2 is 1.41 bits per heavy atom. The number of benzene rings is 2. The first-order valence-corrected chi connectivity index (χ1v) is 6.21. The molecule has 0 radical (unpaired) electrons. The number of aliphatic hydroxyl groups excluding tert-OH is 1. The molecule has 0 bridgehead atoms. The number of halogens is 4. The van der Waals surface area contributed by atoms with E-state index in [2.05, 4.69) is 0 Å². The molecule has 0 unspecified atom stereocenters. The fraction of sp³-hybridized carbons (Fsp3) is 0.200. The molecule has 2 aromatic rings. The summed E-state index contributed by atoms with van der Waals surface area (Å²) in [6.45, 7) is 0. The highest BCUT2D eigenvalue weighted by Gasteiger charge is 2.42. The first-order valence-electron chi connectivity index (χ1n) is 6.21. The van der Waals surface area contributed by atoms with Gasteiger partial charge in [0.2, 0.25) is 0 Å². The minimum atomic E-state index is -4.75. The van der Waals surface area contributed by atoms with Crippen LogP contribution in [0.5, 0.6) is 11.5 Å². The van der Waals surface area contributed by atoms with Gasteiger partial charge in [0.1, 0.15) is 11.5 Å². The van der Waals surface area contributed by atoms with E-state index < -0.39 is 18.3 Å². The maximum atomic E-state index is 12.4. The molecule has 2 aromatic carbocycles. The van der Waals surface area contributed by atoms with Crippen molar-refractivity contribution >= 4 is 12.4 Å². The highest BCUT2D eigenvalue weighted by atomic mass is 35.5. The molecule has 0 aromatic heterocycles. The van der Waals surface area contributed by atoms with E-state index in [-0.39, 0.29) is 18.0 Å². The largest absolute Gasteiger partial charge is 0.457 e. The van der Waals surface area contributed by atoms with Gasteiger partial charge in [0.05, 0.1) is 6.04 Å². The molecular weight excluding hydrogens is 319 g/mol. The third-order valence-corrected chi connectivity index (χ3v) is 2.92. The minimum absolute atomic E-state index is 0. The summed E-state index contributed by atoms with van der Waals surface area (Å²) in [5, 5.41) is 9.13. The van der Waals surface area contributed by atoms with Gasteiger partial charge in [-0.2, -0.15) is 13.2 Å². The van der Waals surface area contributed by atoms with E-state index in [1.54, 1.807) is 24.3 Å². The lowest BCUT2D eigenvalue weighted by Gasteiger charge is -2.21. The fourth-order valence-electron chi connectivity index (χ4n) is 1.77. The van der Waals surface area contributed by atoms with E-state index in [1.807, 2.05) is 6.07 Å². The Morgan fingerprint density at radius 1 is 0.909 bits per heavy atom. The smallest absolute Gasteiger partial charge is 0.416 e. The van der Waals surface area contributed by atoms with Crippen molar-refractivity contribution in [3.05, 3.63) is 60.2 Å². The van der Waals surface area contributed by atoms with E-state index in [4.69, 9.17) is 15.6 Å². The molecule has 7 heteroatoms. The molecule has 0 saturated heterocycles. The van der Waals surface area contributed by atoms with Crippen LogP contribution in [0.1, 0.15) is 11.6 Å². The van der Waals surface area contributed by atoms with Crippen molar-refractivity contribution in [2.75, 3.05) is 0 Å². The molecule has 3 nitrogen and oxygen atoms in total. The molecular formula is C15H15ClF3NO2. The highest BCUT2D eigenvalue weighted by Crippen LogP contribution is 2.30. The molecule has 2 rings (SSSR count). The topological polar surface area (TPSA) is 55.5 Å². The zero-order chi connectivity index (χ0) is 15.5. The normalized spacial score (nSPS) is 13.9. The van der Waals surface area contributed by atoms with Crippen molar-refractivity contribution in [3.63, 3.8) is 0 Å². The van der Waals surface area contributed by atoms with Crippen molar-refractivity contribution in [3.8, 4) is 11.5 Å². The summed E-state index contributed by atoms with van der Waals surface area (Å²) >= 11 is 0. The average molecular weight is 334 g/mol. The molecule has 0 fully saturated rings. The summed E-state index contributed by atoms with van der Waals surface area (Å²) in [7, 11) is 0. The molecule has 0 aliphatic rings. The molecule has 0 spiro atoms. The maximum absolute atomic E-state index is 12.4. The highest BCUT2D eigenvalue weighted by molar-refractivity contribution is 5.85. The summed E-state index contributed by atoms with van der Waals surface area (Å²) in [5.41, 5.74) is 5.60. The molecule has 3 N–H and O–H groups in total. The van der Waals surface area contributed by atoms with Crippen molar-refractivity contribution in [1.29, 1.82) is 0 Å². The van der Waals surface area contributed by atoms with Crippen LogP contribution in [0.2, 0.25) is 0 Å². The average Bonchev–Trinajstić information content (AvgIpc) is 2.46. The van der Waals surface area contributed by atoms with Gasteiger partial charge in [0, 0.05) is 0 Å². The van der Waals surface area contributed by atoms with Crippen LogP contribution in [0.15, 0.2) is 54.6 Å². The lowest BCUT2D eigenvalue weighted by Crippen LogP contribution is -2.38. The molecule has 0 saturated carbocycles. The van der Waals surface area contributed by atoms with Crippen molar-refractivity contribution < 1.29 is 23.0 Å². The van der Waals surface area contributed by atoms with Crippen LogP contribution < -0.4 is 10.5 Å². The first kappa shape index (κ1) is 18.3. The Hall–Kier alpha value is -1.76. The van der Waals surface area contributed by atoms with Crippen molar-refractivity contribution in [2.24, 2.45) is 5.73 Å². The number of rotatable bonds is 4. The van der Waals surface area contributed by atoms with Gasteiger partial charge >= 0.3 is 6.18 Å². The second kappa shape index (κ2) is 7.49. The summed E-state index contributed by atoms with van der Waals surface area (Å²) in [6.07, 6.45) is -7.35. The van der Waals surface area contributed by atoms with Crippen molar-refractivity contribution in [1.82, 2.24) is 0 Å². The summed E-state index contributed by atoms with van der Waals surface area (Å²) in [5.74, 6) is 1.09. The number of hydrogen-bond donors (Lipinski definition) is 2. The Labute approximate surface area is 131 Å². The van der Waals surface area contributed by atoms with E-state index in [0.29, 0.717) is 11.5 Å². The Balaban J connectivity index is 0.00000242. The third kappa shape index (κ3) is 4.62. The number of alkyl halides is 3. The Bertz CT molecular complexity index is 576. The van der Waals surface area contributed by atoms with Gasteiger partial charge in [-0.15, -0.1) is 12.4 Å². The number of nitrogens with two attached hydrogens (primary N) is 1. The Morgan fingerprint density at radius 3 is 1.91 bits per heavy atom. The molecule has 2 atom stereocenters. The quantitative estimate of drug-likeness (QED) is 0.894. The van der Waals surface area contributed by atoms with Crippen LogP contribution in [-0.2, 0) is 0 Å². The second-order valence-electron chi connectivity index (χ2n) is 4.50. The fourth-order valence-corrected chi connectivity index (χ4v) is 1.77. The van der Waals surface area contributed by atoms with E-state index in [0.717, 1.165) is 0 Å². The van der Waals surface area contributed by atoms with Crippen LogP contribution in [0.25, 0.3) is 0 Å². The van der Waals surface area contributed by atoms with E-state index in [1.165, 1.54) is 24.3 Å². The van der Waals surface area contributed by atoms with Gasteiger partial charge < -0.3 is 15.6 Å². The monoisotopic (exact) mass is 333 g/mol. The van der Waals surface area contributed by atoms with Crippen LogP contribution >= 0.6 is 12.4 Å². The molecule has 0 aliphatic carbocycles. The zero-order valence-electron chi connectivity index (χ0n) is 11.3. The summed E-state index contributed by atoms with van der Waals surface area (Å²) < 4.78 is 42.7. The van der Waals surface area contributed by atoms with E-state index in [9.17, 15) is 13.2 Å².